The predicted molar refractivity (Wildman–Crippen MR) is 70.8 cm³/mol. The molecule has 0 aromatic carbocycles. The van der Waals surface area contributed by atoms with Gasteiger partial charge in [0.05, 0.1) is 12.1 Å². The van der Waals surface area contributed by atoms with Gasteiger partial charge < -0.3 is 10.4 Å². The van der Waals surface area contributed by atoms with Crippen molar-refractivity contribution in [1.82, 2.24) is 15.1 Å². The van der Waals surface area contributed by atoms with Gasteiger partial charge in [0.1, 0.15) is 6.54 Å². The molecule has 0 aliphatic carbocycles. The summed E-state index contributed by atoms with van der Waals surface area (Å²) in [5.74, 6) is -0.297. The molecule has 1 aromatic heterocycles. The highest BCUT2D eigenvalue weighted by Gasteiger charge is 2.30. The predicted octanol–water partition coefficient (Wildman–Crippen LogP) is 1.49. The smallest absolute Gasteiger partial charge is 0.396 e. The molecule has 0 saturated carbocycles. The van der Waals surface area contributed by atoms with E-state index in [0.29, 0.717) is 23.4 Å². The second-order valence-corrected chi connectivity index (χ2v) is 5.08. The molecule has 120 valence electrons. The first kappa shape index (κ1) is 17.5. The number of aryl methyl sites for hydroxylation is 1. The lowest BCUT2D eigenvalue weighted by Crippen LogP contribution is -2.34. The van der Waals surface area contributed by atoms with Crippen LogP contribution in [0.4, 0.5) is 13.2 Å². The lowest BCUT2D eigenvalue weighted by Gasteiger charge is -2.12. The maximum Gasteiger partial charge on any atom is 0.408 e. The van der Waals surface area contributed by atoms with E-state index >= 15 is 0 Å². The Kier molecular flexibility index (Phi) is 5.77. The van der Waals surface area contributed by atoms with E-state index in [4.69, 9.17) is 5.11 Å². The third kappa shape index (κ3) is 5.37. The van der Waals surface area contributed by atoms with Crippen LogP contribution < -0.4 is 5.32 Å². The summed E-state index contributed by atoms with van der Waals surface area (Å²) in [6.45, 7) is 3.65. The maximum absolute atomic E-state index is 12.4. The third-order valence-electron chi connectivity index (χ3n) is 3.17. The first-order valence-electron chi connectivity index (χ1n) is 6.64. The topological polar surface area (TPSA) is 67.2 Å². The zero-order valence-corrected chi connectivity index (χ0v) is 12.3. The van der Waals surface area contributed by atoms with Crippen molar-refractivity contribution in [1.29, 1.82) is 0 Å². The fraction of sp³-hybridized carbons (Fsp3) is 0.692. The fourth-order valence-corrected chi connectivity index (χ4v) is 2.07. The summed E-state index contributed by atoms with van der Waals surface area (Å²) < 4.78 is 38.1. The van der Waals surface area contributed by atoms with Gasteiger partial charge in [-0.05, 0) is 27.2 Å². The van der Waals surface area contributed by atoms with E-state index < -0.39 is 12.7 Å². The lowest BCUT2D eigenvalue weighted by atomic mass is 10.1. The van der Waals surface area contributed by atoms with Crippen molar-refractivity contribution in [3.8, 4) is 0 Å². The van der Waals surface area contributed by atoms with Crippen LogP contribution in [-0.4, -0.2) is 39.6 Å². The molecule has 1 aromatic rings. The van der Waals surface area contributed by atoms with Crippen LogP contribution in [0.25, 0.3) is 0 Å². The van der Waals surface area contributed by atoms with Gasteiger partial charge in [-0.1, -0.05) is 0 Å². The van der Waals surface area contributed by atoms with E-state index in [2.05, 4.69) is 10.4 Å². The number of alkyl halides is 3. The van der Waals surface area contributed by atoms with Gasteiger partial charge in [-0.2, -0.15) is 18.3 Å². The van der Waals surface area contributed by atoms with Crippen LogP contribution in [0.15, 0.2) is 0 Å². The first-order valence-corrected chi connectivity index (χ1v) is 6.64. The Balaban J connectivity index is 2.78. The minimum atomic E-state index is -4.35. The van der Waals surface area contributed by atoms with Gasteiger partial charge in [0, 0.05) is 23.9 Å². The highest BCUT2D eigenvalue weighted by molar-refractivity contribution is 5.79. The van der Waals surface area contributed by atoms with Crippen LogP contribution >= 0.6 is 0 Å². The Labute approximate surface area is 121 Å². The van der Waals surface area contributed by atoms with Gasteiger partial charge >= 0.3 is 6.18 Å². The number of hydrogen-bond acceptors (Lipinski definition) is 3. The molecule has 0 spiro atoms. The molecule has 0 bridgehead atoms. The normalized spacial score (nSPS) is 13.3. The lowest BCUT2D eigenvalue weighted by molar-refractivity contribution is -0.143. The van der Waals surface area contributed by atoms with Crippen LogP contribution in [0, 0.1) is 13.8 Å². The number of halogens is 3. The molecule has 1 rings (SSSR count). The molecule has 0 fully saturated rings. The Morgan fingerprint density at radius 1 is 1.43 bits per heavy atom. The van der Waals surface area contributed by atoms with Crippen molar-refractivity contribution in [2.24, 2.45) is 0 Å². The minimum Gasteiger partial charge on any atom is -0.396 e. The molecule has 0 aliphatic heterocycles. The summed E-state index contributed by atoms with van der Waals surface area (Å²) in [5.41, 5.74) is 1.27. The van der Waals surface area contributed by atoms with Crippen LogP contribution in [0.1, 0.15) is 30.3 Å². The fourth-order valence-electron chi connectivity index (χ4n) is 2.07. The molecule has 8 heteroatoms. The van der Waals surface area contributed by atoms with Crippen molar-refractivity contribution in [3.63, 3.8) is 0 Å². The summed E-state index contributed by atoms with van der Waals surface area (Å²) in [6, 6.07) is -0.187. The number of nitrogens with one attached hydrogen (secondary N) is 1. The van der Waals surface area contributed by atoms with Gasteiger partial charge in [0.2, 0.25) is 5.91 Å². The molecule has 0 saturated heterocycles. The molecule has 1 atom stereocenters. The maximum atomic E-state index is 12.4. The number of nitrogens with zero attached hydrogens (tertiary/aromatic N) is 2. The van der Waals surface area contributed by atoms with Crippen molar-refractivity contribution in [2.45, 2.75) is 52.4 Å². The number of rotatable bonds is 6. The number of aromatic nitrogens is 2. The number of aliphatic hydroxyl groups excluding tert-OH is 1. The molecular formula is C13H20F3N3O2. The Morgan fingerprint density at radius 2 is 2.05 bits per heavy atom. The second kappa shape index (κ2) is 6.93. The molecule has 1 amide bonds. The van der Waals surface area contributed by atoms with Crippen molar-refractivity contribution in [3.05, 3.63) is 17.0 Å². The van der Waals surface area contributed by atoms with Crippen LogP contribution in [0.3, 0.4) is 0 Å². The van der Waals surface area contributed by atoms with Crippen LogP contribution in [0.5, 0.6) is 0 Å². The van der Waals surface area contributed by atoms with Crippen LogP contribution in [0.2, 0.25) is 0 Å². The van der Waals surface area contributed by atoms with Crippen LogP contribution in [-0.2, 0) is 17.8 Å². The van der Waals surface area contributed by atoms with Gasteiger partial charge in [0.25, 0.3) is 0 Å². The molecule has 2 N–H and O–H groups in total. The largest absolute Gasteiger partial charge is 0.408 e. The molecular weight excluding hydrogens is 287 g/mol. The summed E-state index contributed by atoms with van der Waals surface area (Å²) in [4.78, 5) is 11.8. The molecule has 21 heavy (non-hydrogen) atoms. The van der Waals surface area contributed by atoms with Gasteiger partial charge in [-0.15, -0.1) is 0 Å². The molecule has 0 radical (unpaired) electrons. The summed E-state index contributed by atoms with van der Waals surface area (Å²) in [7, 11) is 0. The number of aliphatic hydroxyl groups is 1. The van der Waals surface area contributed by atoms with E-state index in [-0.39, 0.29) is 25.0 Å². The van der Waals surface area contributed by atoms with E-state index in [1.54, 1.807) is 13.8 Å². The Morgan fingerprint density at radius 3 is 2.57 bits per heavy atom. The van der Waals surface area contributed by atoms with E-state index in [1.807, 2.05) is 0 Å². The van der Waals surface area contributed by atoms with Gasteiger partial charge in [0.15, 0.2) is 0 Å². The molecule has 1 unspecified atom stereocenters. The van der Waals surface area contributed by atoms with Crippen molar-refractivity contribution >= 4 is 5.91 Å². The number of hydrogen-bond donors (Lipinski definition) is 2. The zero-order valence-electron chi connectivity index (χ0n) is 12.3. The quantitative estimate of drug-likeness (QED) is 0.837. The molecule has 0 aliphatic rings. The summed E-state index contributed by atoms with van der Waals surface area (Å²) in [6.07, 6.45) is -3.94. The summed E-state index contributed by atoms with van der Waals surface area (Å²) >= 11 is 0. The number of amides is 1. The third-order valence-corrected chi connectivity index (χ3v) is 3.17. The minimum absolute atomic E-state index is 0.0225. The average molecular weight is 307 g/mol. The number of carbonyl (C=O) groups is 1. The Hall–Kier alpha value is -1.57. The van der Waals surface area contributed by atoms with Crippen molar-refractivity contribution in [2.75, 3.05) is 6.61 Å². The van der Waals surface area contributed by atoms with E-state index in [0.717, 1.165) is 4.68 Å². The average Bonchev–Trinajstić information content (AvgIpc) is 2.55. The summed E-state index contributed by atoms with van der Waals surface area (Å²) in [5, 5.41) is 15.3. The van der Waals surface area contributed by atoms with Crippen molar-refractivity contribution < 1.29 is 23.1 Å². The van der Waals surface area contributed by atoms with Gasteiger partial charge in [-0.25, -0.2) is 0 Å². The molecule has 5 nitrogen and oxygen atoms in total. The Bertz CT molecular complexity index is 498. The zero-order chi connectivity index (χ0) is 16.2. The van der Waals surface area contributed by atoms with Gasteiger partial charge in [-0.3, -0.25) is 9.48 Å². The highest BCUT2D eigenvalue weighted by atomic mass is 19.4. The monoisotopic (exact) mass is 307 g/mol. The second-order valence-electron chi connectivity index (χ2n) is 5.08. The highest BCUT2D eigenvalue weighted by Crippen LogP contribution is 2.21. The first-order chi connectivity index (χ1) is 9.64. The standard InChI is InChI=1S/C13H20F3N3O2/c1-8(4-5-20)17-12(21)6-11-9(2)18-19(10(11)3)7-13(14,15)16/h8,20H,4-7H2,1-3H3,(H,17,21). The molecule has 1 heterocycles. The SMILES string of the molecule is Cc1nn(CC(F)(F)F)c(C)c1CC(=O)NC(C)CCO. The van der Waals surface area contributed by atoms with E-state index in [9.17, 15) is 18.0 Å². The van der Waals surface area contributed by atoms with E-state index in [1.165, 1.54) is 6.92 Å². The number of carbonyl (C=O) groups excluding carboxylic acids is 1.